The van der Waals surface area contributed by atoms with E-state index in [1.54, 1.807) is 0 Å². The maximum Gasteiger partial charge on any atom is 0.228 e. The van der Waals surface area contributed by atoms with Crippen LogP contribution >= 0.6 is 11.8 Å². The molecule has 94 valence electrons. The van der Waals surface area contributed by atoms with Crippen LogP contribution in [0.5, 0.6) is 0 Å². The number of amides is 1. The minimum absolute atomic E-state index is 0.0206. The van der Waals surface area contributed by atoms with Crippen molar-refractivity contribution < 1.29 is 4.79 Å². The zero-order valence-corrected chi connectivity index (χ0v) is 11.2. The lowest BCUT2D eigenvalue weighted by Gasteiger charge is -2.10. The Bertz CT molecular complexity index is 368. The normalized spacial score (nSPS) is 12.2. The summed E-state index contributed by atoms with van der Waals surface area (Å²) in [5.41, 5.74) is 7.54. The molecule has 3 nitrogen and oxygen atoms in total. The van der Waals surface area contributed by atoms with Gasteiger partial charge in [-0.05, 0) is 23.4 Å². The second kappa shape index (κ2) is 7.35. The van der Waals surface area contributed by atoms with Crippen LogP contribution in [0.4, 0.5) is 5.69 Å². The lowest BCUT2D eigenvalue weighted by molar-refractivity contribution is -0.119. The second-order valence-electron chi connectivity index (χ2n) is 3.96. The summed E-state index contributed by atoms with van der Waals surface area (Å²) in [5.74, 6) is 1.91. The fraction of sp³-hybridized carbons (Fsp3) is 0.462. The minimum atomic E-state index is -0.149. The first-order chi connectivity index (χ1) is 8.17. The third-order valence-electron chi connectivity index (χ3n) is 2.47. The number of thioether (sulfide) groups is 1. The Labute approximate surface area is 107 Å². The molecular formula is C13H20N2OS. The highest BCUT2D eigenvalue weighted by atomic mass is 32.2. The molecule has 0 bridgehead atoms. The molecule has 0 aromatic heterocycles. The molecule has 1 aromatic carbocycles. The van der Waals surface area contributed by atoms with Crippen LogP contribution in [-0.2, 0) is 10.5 Å². The van der Waals surface area contributed by atoms with Gasteiger partial charge in [0.25, 0.3) is 0 Å². The van der Waals surface area contributed by atoms with Gasteiger partial charge in [0.05, 0.1) is 0 Å². The molecule has 1 unspecified atom stereocenters. The number of hydrogen-bond acceptors (Lipinski definition) is 3. The van der Waals surface area contributed by atoms with Crippen molar-refractivity contribution in [1.82, 2.24) is 0 Å². The number of nitrogens with two attached hydrogens (primary N) is 1. The quantitative estimate of drug-likeness (QED) is 0.817. The van der Waals surface area contributed by atoms with Crippen molar-refractivity contribution in [2.75, 3.05) is 17.6 Å². The molecule has 1 amide bonds. The van der Waals surface area contributed by atoms with Crippen molar-refractivity contribution in [3.63, 3.8) is 0 Å². The molecule has 0 heterocycles. The van der Waals surface area contributed by atoms with Gasteiger partial charge in [-0.2, -0.15) is 11.8 Å². The number of anilines is 1. The third-order valence-corrected chi connectivity index (χ3v) is 3.41. The van der Waals surface area contributed by atoms with Crippen LogP contribution in [0.3, 0.4) is 0 Å². The fourth-order valence-corrected chi connectivity index (χ4v) is 1.95. The van der Waals surface area contributed by atoms with E-state index in [4.69, 9.17) is 5.73 Å². The Morgan fingerprint density at radius 3 is 2.94 bits per heavy atom. The van der Waals surface area contributed by atoms with Crippen molar-refractivity contribution >= 4 is 23.4 Å². The Kier molecular flexibility index (Phi) is 6.08. The Hall–Kier alpha value is -1.00. The molecule has 0 aliphatic rings. The molecule has 0 radical (unpaired) electrons. The van der Waals surface area contributed by atoms with Gasteiger partial charge in [-0.1, -0.05) is 26.0 Å². The summed E-state index contributed by atoms with van der Waals surface area (Å²) in [6.45, 7) is 4.34. The summed E-state index contributed by atoms with van der Waals surface area (Å²) in [5, 5.41) is 2.88. The van der Waals surface area contributed by atoms with Crippen molar-refractivity contribution in [3.05, 3.63) is 29.8 Å². The van der Waals surface area contributed by atoms with Gasteiger partial charge in [-0.25, -0.2) is 0 Å². The van der Waals surface area contributed by atoms with E-state index < -0.39 is 0 Å². The fourth-order valence-electron chi connectivity index (χ4n) is 1.33. The zero-order valence-electron chi connectivity index (χ0n) is 10.4. The van der Waals surface area contributed by atoms with Gasteiger partial charge in [0.15, 0.2) is 0 Å². The Morgan fingerprint density at radius 1 is 1.53 bits per heavy atom. The number of nitrogens with one attached hydrogen (secondary N) is 1. The Morgan fingerprint density at radius 2 is 2.29 bits per heavy atom. The first kappa shape index (κ1) is 14.1. The maximum atomic E-state index is 11.7. The van der Waals surface area contributed by atoms with E-state index in [0.29, 0.717) is 6.54 Å². The average Bonchev–Trinajstić information content (AvgIpc) is 2.35. The van der Waals surface area contributed by atoms with E-state index in [0.717, 1.165) is 17.2 Å². The third kappa shape index (κ3) is 4.79. The van der Waals surface area contributed by atoms with E-state index in [9.17, 15) is 4.79 Å². The van der Waals surface area contributed by atoms with Crippen molar-refractivity contribution in [1.29, 1.82) is 0 Å². The van der Waals surface area contributed by atoms with Crippen molar-refractivity contribution in [3.8, 4) is 0 Å². The molecule has 0 saturated heterocycles. The minimum Gasteiger partial charge on any atom is -0.330 e. The predicted molar refractivity (Wildman–Crippen MR) is 75.1 cm³/mol. The topological polar surface area (TPSA) is 55.1 Å². The van der Waals surface area contributed by atoms with Gasteiger partial charge in [0.1, 0.15) is 0 Å². The summed E-state index contributed by atoms with van der Waals surface area (Å²) in [6.07, 6.45) is 0. The van der Waals surface area contributed by atoms with Crippen LogP contribution in [0.15, 0.2) is 24.3 Å². The number of rotatable bonds is 6. The summed E-state index contributed by atoms with van der Waals surface area (Å²) in [6, 6.07) is 7.96. The standard InChI is InChI=1S/C13H20N2OS/c1-3-17-9-11-5-4-6-12(7-11)15-13(16)10(2)8-14/h4-7,10H,3,8-9,14H2,1-2H3,(H,15,16). The van der Waals surface area contributed by atoms with Crippen molar-refractivity contribution in [2.24, 2.45) is 11.7 Å². The molecule has 1 atom stereocenters. The predicted octanol–water partition coefficient (Wildman–Crippen LogP) is 2.47. The molecule has 0 saturated carbocycles. The van der Waals surface area contributed by atoms with E-state index >= 15 is 0 Å². The highest BCUT2D eigenvalue weighted by molar-refractivity contribution is 7.98. The Balaban J connectivity index is 2.62. The summed E-state index contributed by atoms with van der Waals surface area (Å²) in [4.78, 5) is 11.7. The zero-order chi connectivity index (χ0) is 12.7. The number of carbonyl (C=O) groups is 1. The van der Waals surface area contributed by atoms with Gasteiger partial charge in [0.2, 0.25) is 5.91 Å². The number of benzene rings is 1. The van der Waals surface area contributed by atoms with Crippen LogP contribution in [0.25, 0.3) is 0 Å². The smallest absolute Gasteiger partial charge is 0.228 e. The number of carbonyl (C=O) groups excluding carboxylic acids is 1. The van der Waals surface area contributed by atoms with E-state index in [2.05, 4.69) is 18.3 Å². The van der Waals surface area contributed by atoms with Gasteiger partial charge >= 0.3 is 0 Å². The highest BCUT2D eigenvalue weighted by Gasteiger charge is 2.10. The van der Waals surface area contributed by atoms with E-state index in [1.807, 2.05) is 36.9 Å². The van der Waals surface area contributed by atoms with Crippen LogP contribution in [0, 0.1) is 5.92 Å². The second-order valence-corrected chi connectivity index (χ2v) is 5.24. The summed E-state index contributed by atoms with van der Waals surface area (Å²) >= 11 is 1.87. The number of hydrogen-bond donors (Lipinski definition) is 2. The van der Waals surface area contributed by atoms with Crippen LogP contribution in [-0.4, -0.2) is 18.2 Å². The molecule has 1 aromatic rings. The molecule has 4 heteroatoms. The van der Waals surface area contributed by atoms with E-state index in [-0.39, 0.29) is 11.8 Å². The van der Waals surface area contributed by atoms with E-state index in [1.165, 1.54) is 5.56 Å². The van der Waals surface area contributed by atoms with Crippen LogP contribution in [0.2, 0.25) is 0 Å². The first-order valence-corrected chi connectivity index (χ1v) is 7.00. The molecular weight excluding hydrogens is 232 g/mol. The molecule has 0 spiro atoms. The van der Waals surface area contributed by atoms with Gasteiger partial charge in [0, 0.05) is 23.9 Å². The monoisotopic (exact) mass is 252 g/mol. The molecule has 3 N–H and O–H groups in total. The van der Waals surface area contributed by atoms with Crippen LogP contribution < -0.4 is 11.1 Å². The lowest BCUT2D eigenvalue weighted by Crippen LogP contribution is -2.26. The first-order valence-electron chi connectivity index (χ1n) is 5.85. The van der Waals surface area contributed by atoms with Crippen LogP contribution in [0.1, 0.15) is 19.4 Å². The van der Waals surface area contributed by atoms with Gasteiger partial charge in [-0.3, -0.25) is 4.79 Å². The maximum absolute atomic E-state index is 11.7. The molecule has 1 rings (SSSR count). The molecule has 17 heavy (non-hydrogen) atoms. The largest absolute Gasteiger partial charge is 0.330 e. The SMILES string of the molecule is CCSCc1cccc(NC(=O)C(C)CN)c1. The lowest BCUT2D eigenvalue weighted by atomic mass is 10.1. The average molecular weight is 252 g/mol. The molecule has 0 fully saturated rings. The van der Waals surface area contributed by atoms with Crippen molar-refractivity contribution in [2.45, 2.75) is 19.6 Å². The molecule has 0 aliphatic heterocycles. The van der Waals surface area contributed by atoms with Gasteiger partial charge in [-0.15, -0.1) is 0 Å². The highest BCUT2D eigenvalue weighted by Crippen LogP contribution is 2.16. The summed E-state index contributed by atoms with van der Waals surface area (Å²) < 4.78 is 0. The van der Waals surface area contributed by atoms with Gasteiger partial charge < -0.3 is 11.1 Å². The summed E-state index contributed by atoms with van der Waals surface area (Å²) in [7, 11) is 0. The molecule has 0 aliphatic carbocycles.